The number of amides is 1. The maximum Gasteiger partial charge on any atom is 1.00 e. The summed E-state index contributed by atoms with van der Waals surface area (Å²) < 4.78 is 38.1. The molecule has 1 N–H and O–H groups in total. The molecule has 0 unspecified atom stereocenters. The van der Waals surface area contributed by atoms with Gasteiger partial charge in [0.15, 0.2) is 0 Å². The van der Waals surface area contributed by atoms with Crippen molar-refractivity contribution in [2.24, 2.45) is 0 Å². The predicted octanol–water partition coefficient (Wildman–Crippen LogP) is -1.88. The summed E-state index contributed by atoms with van der Waals surface area (Å²) in [5, 5.41) is 2.95. The zero-order valence-electron chi connectivity index (χ0n) is 9.96. The Morgan fingerprint density at radius 3 is 2.47 bits per heavy atom. The van der Waals surface area contributed by atoms with Crippen molar-refractivity contribution in [3.05, 3.63) is 0 Å². The molecule has 8 heteroatoms. The minimum atomic E-state index is -4.93. The number of rotatable bonds is 2. The standard InChI is InChI=1S/C9H15BF3N2O.K/c11-10(12,13)8-4-2-6-15(8)9(16)7-3-1-5-14-7;/h7-8,14H,1-6H2;/q-1;+1/t7-,8-;/m0./s1. The molecule has 0 aromatic heterocycles. The minimum absolute atomic E-state index is 0. The van der Waals surface area contributed by atoms with E-state index in [2.05, 4.69) is 5.32 Å². The fourth-order valence-corrected chi connectivity index (χ4v) is 2.55. The van der Waals surface area contributed by atoms with Crippen molar-refractivity contribution in [1.29, 1.82) is 0 Å². The van der Waals surface area contributed by atoms with Crippen LogP contribution in [0.15, 0.2) is 0 Å². The zero-order valence-corrected chi connectivity index (χ0v) is 13.1. The van der Waals surface area contributed by atoms with Crippen LogP contribution in [0.4, 0.5) is 12.9 Å². The van der Waals surface area contributed by atoms with E-state index in [1.165, 1.54) is 0 Å². The molecule has 0 radical (unpaired) electrons. The van der Waals surface area contributed by atoms with Gasteiger partial charge in [-0.2, -0.15) is 0 Å². The molecule has 0 spiro atoms. The molecule has 17 heavy (non-hydrogen) atoms. The van der Waals surface area contributed by atoms with Gasteiger partial charge in [0.05, 0.1) is 6.04 Å². The minimum Gasteiger partial charge on any atom is -0.448 e. The van der Waals surface area contributed by atoms with Gasteiger partial charge in [0, 0.05) is 12.5 Å². The summed E-state index contributed by atoms with van der Waals surface area (Å²) in [6.45, 7) is -3.95. The Morgan fingerprint density at radius 1 is 1.24 bits per heavy atom. The Morgan fingerprint density at radius 2 is 1.94 bits per heavy atom. The molecule has 0 bridgehead atoms. The molecule has 2 heterocycles. The van der Waals surface area contributed by atoms with Crippen LogP contribution in [-0.2, 0) is 4.79 Å². The van der Waals surface area contributed by atoms with E-state index in [9.17, 15) is 17.7 Å². The van der Waals surface area contributed by atoms with Gasteiger partial charge in [0.1, 0.15) is 0 Å². The Labute approximate surface area is 141 Å². The summed E-state index contributed by atoms with van der Waals surface area (Å²) in [5.74, 6) is -1.87. The number of halogens is 3. The number of nitrogens with zero attached hydrogens (tertiary/aromatic N) is 1. The summed E-state index contributed by atoms with van der Waals surface area (Å²) in [6.07, 6.45) is 2.06. The van der Waals surface area contributed by atoms with E-state index in [1.807, 2.05) is 0 Å². The first-order valence-electron chi connectivity index (χ1n) is 5.74. The van der Waals surface area contributed by atoms with Gasteiger partial charge in [-0.25, -0.2) is 0 Å². The van der Waals surface area contributed by atoms with Gasteiger partial charge < -0.3 is 23.2 Å². The van der Waals surface area contributed by atoms with Gasteiger partial charge in [0.2, 0.25) is 5.91 Å². The van der Waals surface area contributed by atoms with Crippen LogP contribution in [0.1, 0.15) is 25.7 Å². The van der Waals surface area contributed by atoms with Gasteiger partial charge in [-0.1, -0.05) is 6.42 Å². The van der Waals surface area contributed by atoms with Crippen LogP contribution in [0.2, 0.25) is 0 Å². The molecule has 2 aliphatic heterocycles. The van der Waals surface area contributed by atoms with Crippen LogP contribution in [0, 0.1) is 0 Å². The molecule has 2 aliphatic rings. The van der Waals surface area contributed by atoms with Crippen LogP contribution in [0.25, 0.3) is 0 Å². The number of hydrogen-bond donors (Lipinski definition) is 1. The first-order valence-corrected chi connectivity index (χ1v) is 5.74. The second-order valence-corrected chi connectivity index (χ2v) is 4.52. The molecule has 3 nitrogen and oxygen atoms in total. The van der Waals surface area contributed by atoms with Crippen LogP contribution in [0.3, 0.4) is 0 Å². The first kappa shape index (κ1) is 16.0. The fourth-order valence-electron chi connectivity index (χ4n) is 2.55. The summed E-state index contributed by atoms with van der Waals surface area (Å²) in [7, 11) is 0. The number of hydrogen-bond acceptors (Lipinski definition) is 2. The molecule has 92 valence electrons. The molecular formula is C9H15BF3KN2O. The molecule has 0 aromatic carbocycles. The molecule has 2 atom stereocenters. The topological polar surface area (TPSA) is 32.3 Å². The smallest absolute Gasteiger partial charge is 0.448 e. The molecule has 2 saturated heterocycles. The molecule has 0 aromatic rings. The second kappa shape index (κ2) is 6.38. The third-order valence-corrected chi connectivity index (χ3v) is 3.38. The van der Waals surface area contributed by atoms with Crippen LogP contribution in [-0.4, -0.2) is 42.9 Å². The summed E-state index contributed by atoms with van der Waals surface area (Å²) in [4.78, 5) is 12.9. The summed E-state index contributed by atoms with van der Waals surface area (Å²) in [6, 6.07) is -0.390. The van der Waals surface area contributed by atoms with E-state index < -0.39 is 19.0 Å². The third-order valence-electron chi connectivity index (χ3n) is 3.38. The second-order valence-electron chi connectivity index (χ2n) is 4.52. The average molecular weight is 274 g/mol. The van der Waals surface area contributed by atoms with E-state index >= 15 is 0 Å². The van der Waals surface area contributed by atoms with Gasteiger partial charge in [-0.15, -0.1) is 0 Å². The number of carbonyl (C=O) groups is 1. The van der Waals surface area contributed by atoms with Gasteiger partial charge in [-0.05, 0) is 25.8 Å². The van der Waals surface area contributed by atoms with E-state index in [4.69, 9.17) is 0 Å². The molecule has 0 aliphatic carbocycles. The SMILES string of the molecule is O=C([C@@H]1CCCN1)N1CCC[C@H]1[B-](F)(F)F.[K+]. The monoisotopic (exact) mass is 274 g/mol. The maximum atomic E-state index is 12.7. The molecule has 0 saturated carbocycles. The number of nitrogens with one attached hydrogen (secondary N) is 1. The van der Waals surface area contributed by atoms with E-state index in [0.29, 0.717) is 12.8 Å². The first-order chi connectivity index (χ1) is 7.50. The predicted molar refractivity (Wildman–Crippen MR) is 54.8 cm³/mol. The average Bonchev–Trinajstić information content (AvgIpc) is 2.87. The Bertz CT molecular complexity index is 284. The zero-order chi connectivity index (χ0) is 11.8. The van der Waals surface area contributed by atoms with E-state index in [1.54, 1.807) is 0 Å². The molecule has 1 amide bonds. The Kier molecular flexibility index (Phi) is 6.00. The van der Waals surface area contributed by atoms with Gasteiger partial charge in [0.25, 0.3) is 0 Å². The van der Waals surface area contributed by atoms with Crippen molar-refractivity contribution in [2.75, 3.05) is 13.1 Å². The number of carbonyl (C=O) groups excluding carboxylic acids is 1. The quantitative estimate of drug-likeness (QED) is 0.598. The third kappa shape index (κ3) is 3.70. The van der Waals surface area contributed by atoms with Gasteiger partial charge >= 0.3 is 58.4 Å². The van der Waals surface area contributed by atoms with Crippen molar-refractivity contribution in [3.8, 4) is 0 Å². The van der Waals surface area contributed by atoms with Crippen LogP contribution < -0.4 is 56.7 Å². The van der Waals surface area contributed by atoms with E-state index in [-0.39, 0.29) is 70.3 Å². The van der Waals surface area contributed by atoms with Crippen molar-refractivity contribution in [2.45, 2.75) is 37.7 Å². The maximum absolute atomic E-state index is 12.7. The van der Waals surface area contributed by atoms with Crippen molar-refractivity contribution in [3.63, 3.8) is 0 Å². The normalized spacial score (nSPS) is 29.2. The van der Waals surface area contributed by atoms with Gasteiger partial charge in [-0.3, -0.25) is 4.79 Å². The summed E-state index contributed by atoms with van der Waals surface area (Å²) in [5.41, 5.74) is 0. The molecule has 2 fully saturated rings. The van der Waals surface area contributed by atoms with Crippen molar-refractivity contribution < 1.29 is 69.1 Å². The molecular weight excluding hydrogens is 259 g/mol. The largest absolute Gasteiger partial charge is 1.00 e. The van der Waals surface area contributed by atoms with Crippen molar-refractivity contribution in [1.82, 2.24) is 10.2 Å². The Hall–Kier alpha value is 0.921. The fraction of sp³-hybridized carbons (Fsp3) is 0.889. The Balaban J connectivity index is 0.00000144. The van der Waals surface area contributed by atoms with Crippen molar-refractivity contribution >= 4 is 12.9 Å². The molecule has 2 rings (SSSR count). The summed E-state index contributed by atoms with van der Waals surface area (Å²) >= 11 is 0. The van der Waals surface area contributed by atoms with Crippen LogP contribution in [0.5, 0.6) is 0 Å². The number of likely N-dealkylation sites (tertiary alicyclic amines) is 1. The van der Waals surface area contributed by atoms with Crippen LogP contribution >= 0.6 is 0 Å². The van der Waals surface area contributed by atoms with E-state index in [0.717, 1.165) is 17.9 Å².